The van der Waals surface area contributed by atoms with Crippen LogP contribution in [0.5, 0.6) is 5.75 Å². The molecule has 1 aromatic rings. The Hall–Kier alpha value is -1.35. The predicted octanol–water partition coefficient (Wildman–Crippen LogP) is 2.39. The highest BCUT2D eigenvalue weighted by molar-refractivity contribution is 5.66. The minimum absolute atomic E-state index is 0.703. The smallest absolute Gasteiger partial charge is 0.137 e. The molecule has 90 valence electrons. The number of methoxy groups -OCH3 is 1. The molecule has 0 aromatic carbocycles. The number of nitrogens with zero attached hydrogens (tertiary/aromatic N) is 1. The van der Waals surface area contributed by atoms with Gasteiger partial charge in [-0.1, -0.05) is 6.08 Å². The van der Waals surface area contributed by atoms with E-state index in [2.05, 4.69) is 22.4 Å². The molecule has 2 unspecified atom stereocenters. The monoisotopic (exact) mass is 230 g/mol. The van der Waals surface area contributed by atoms with Gasteiger partial charge in [-0.25, -0.2) is 0 Å². The summed E-state index contributed by atoms with van der Waals surface area (Å²) >= 11 is 0. The Labute approximate surface area is 102 Å². The predicted molar refractivity (Wildman–Crippen MR) is 67.9 cm³/mol. The van der Waals surface area contributed by atoms with Gasteiger partial charge in [0.05, 0.1) is 13.3 Å². The maximum Gasteiger partial charge on any atom is 0.137 e. The van der Waals surface area contributed by atoms with Crippen molar-refractivity contribution in [2.45, 2.75) is 37.8 Å². The Morgan fingerprint density at radius 3 is 3.06 bits per heavy atom. The Morgan fingerprint density at radius 1 is 1.35 bits per heavy atom. The van der Waals surface area contributed by atoms with Gasteiger partial charge in [0.2, 0.25) is 0 Å². The van der Waals surface area contributed by atoms with E-state index in [-0.39, 0.29) is 0 Å². The van der Waals surface area contributed by atoms with E-state index in [0.717, 1.165) is 24.6 Å². The lowest BCUT2D eigenvalue weighted by molar-refractivity contribution is 0.251. The fraction of sp³-hybridized carbons (Fsp3) is 0.500. The molecule has 0 saturated carbocycles. The number of hydrogen-bond acceptors (Lipinski definition) is 3. The third kappa shape index (κ3) is 2.20. The van der Waals surface area contributed by atoms with Crippen LogP contribution in [0.3, 0.4) is 0 Å². The first kappa shape index (κ1) is 10.8. The molecule has 0 radical (unpaired) electrons. The van der Waals surface area contributed by atoms with E-state index in [9.17, 15) is 0 Å². The van der Waals surface area contributed by atoms with E-state index >= 15 is 0 Å². The normalized spacial score (nSPS) is 30.5. The molecule has 3 heterocycles. The van der Waals surface area contributed by atoms with E-state index in [1.165, 1.54) is 24.0 Å². The van der Waals surface area contributed by atoms with Crippen molar-refractivity contribution in [3.8, 4) is 5.75 Å². The summed E-state index contributed by atoms with van der Waals surface area (Å²) in [4.78, 5) is 4.23. The third-order valence-corrected chi connectivity index (χ3v) is 3.77. The summed E-state index contributed by atoms with van der Waals surface area (Å²) in [6, 6.07) is 3.52. The molecule has 1 aliphatic carbocycles. The summed E-state index contributed by atoms with van der Waals surface area (Å²) in [6.07, 6.45) is 10.9. The van der Waals surface area contributed by atoms with Gasteiger partial charge in [-0.15, -0.1) is 0 Å². The summed E-state index contributed by atoms with van der Waals surface area (Å²) in [5.41, 5.74) is 2.64. The zero-order valence-corrected chi connectivity index (χ0v) is 10.1. The molecule has 17 heavy (non-hydrogen) atoms. The van der Waals surface area contributed by atoms with Gasteiger partial charge < -0.3 is 10.1 Å². The molecule has 1 aromatic heterocycles. The minimum Gasteiger partial charge on any atom is -0.495 e. The molecule has 0 amide bonds. The van der Waals surface area contributed by atoms with Crippen molar-refractivity contribution >= 4 is 5.57 Å². The molecular weight excluding hydrogens is 212 g/mol. The topological polar surface area (TPSA) is 34.1 Å². The van der Waals surface area contributed by atoms with E-state index in [1.807, 2.05) is 6.20 Å². The minimum atomic E-state index is 0.703. The Morgan fingerprint density at radius 2 is 2.24 bits per heavy atom. The summed E-state index contributed by atoms with van der Waals surface area (Å²) in [6.45, 7) is 0. The SMILES string of the molecule is COc1cncc(/C2=C/CC3CC(CC2)N3)c1. The van der Waals surface area contributed by atoms with Gasteiger partial charge in [-0.3, -0.25) is 4.98 Å². The van der Waals surface area contributed by atoms with Crippen LogP contribution in [0.15, 0.2) is 24.5 Å². The van der Waals surface area contributed by atoms with E-state index in [1.54, 1.807) is 13.3 Å². The zero-order chi connectivity index (χ0) is 11.7. The number of allylic oxidation sites excluding steroid dienone is 1. The Balaban J connectivity index is 1.83. The first-order chi connectivity index (χ1) is 8.35. The zero-order valence-electron chi connectivity index (χ0n) is 10.1. The van der Waals surface area contributed by atoms with Crippen LogP contribution >= 0.6 is 0 Å². The number of fused-ring (bicyclic) bond motifs is 3. The lowest BCUT2D eigenvalue weighted by Gasteiger charge is -2.39. The molecule has 1 N–H and O–H groups in total. The van der Waals surface area contributed by atoms with E-state index in [0.29, 0.717) is 6.04 Å². The average molecular weight is 230 g/mol. The van der Waals surface area contributed by atoms with Crippen LogP contribution in [-0.4, -0.2) is 24.2 Å². The Bertz CT molecular complexity index is 436. The molecule has 3 heteroatoms. The second-order valence-electron chi connectivity index (χ2n) is 4.91. The van der Waals surface area contributed by atoms with Crippen LogP contribution < -0.4 is 10.1 Å². The van der Waals surface area contributed by atoms with Gasteiger partial charge in [0.1, 0.15) is 5.75 Å². The molecule has 1 saturated heterocycles. The lowest BCUT2D eigenvalue weighted by Crippen LogP contribution is -2.52. The molecule has 0 spiro atoms. The van der Waals surface area contributed by atoms with Crippen LogP contribution in [0.25, 0.3) is 5.57 Å². The van der Waals surface area contributed by atoms with Gasteiger partial charge in [0.15, 0.2) is 0 Å². The summed E-state index contributed by atoms with van der Waals surface area (Å²) in [7, 11) is 1.69. The summed E-state index contributed by atoms with van der Waals surface area (Å²) in [5.74, 6) is 0.841. The van der Waals surface area contributed by atoms with Crippen LogP contribution in [0.1, 0.15) is 31.2 Å². The van der Waals surface area contributed by atoms with E-state index < -0.39 is 0 Å². The van der Waals surface area contributed by atoms with Crippen LogP contribution in [-0.2, 0) is 0 Å². The van der Waals surface area contributed by atoms with Crippen LogP contribution in [0.4, 0.5) is 0 Å². The Kier molecular flexibility index (Phi) is 2.85. The molecule has 1 fully saturated rings. The molecule has 3 nitrogen and oxygen atoms in total. The fourth-order valence-corrected chi connectivity index (χ4v) is 2.70. The number of rotatable bonds is 2. The van der Waals surface area contributed by atoms with Crippen LogP contribution in [0.2, 0.25) is 0 Å². The van der Waals surface area contributed by atoms with Crippen LogP contribution in [0, 0.1) is 0 Å². The molecule has 2 atom stereocenters. The number of aromatic nitrogens is 1. The van der Waals surface area contributed by atoms with Crippen molar-refractivity contribution in [2.75, 3.05) is 7.11 Å². The highest BCUT2D eigenvalue weighted by atomic mass is 16.5. The molecule has 2 aliphatic heterocycles. The maximum absolute atomic E-state index is 5.23. The second kappa shape index (κ2) is 4.49. The quantitative estimate of drug-likeness (QED) is 0.847. The standard InChI is InChI=1S/C14H18N2O/c1-17-14-6-11(8-15-9-14)10-2-4-12-7-13(16-12)5-3-10/h2,6,8-9,12-13,16H,3-5,7H2,1H3/b10-2+. The van der Waals surface area contributed by atoms with Crippen molar-refractivity contribution in [1.29, 1.82) is 0 Å². The molecular formula is C14H18N2O. The van der Waals surface area contributed by atoms with Gasteiger partial charge >= 0.3 is 0 Å². The largest absolute Gasteiger partial charge is 0.495 e. The van der Waals surface area contributed by atoms with Crippen molar-refractivity contribution in [1.82, 2.24) is 10.3 Å². The lowest BCUT2D eigenvalue weighted by atomic mass is 9.84. The van der Waals surface area contributed by atoms with Gasteiger partial charge in [0.25, 0.3) is 0 Å². The number of hydrogen-bond donors (Lipinski definition) is 1. The van der Waals surface area contributed by atoms with Gasteiger partial charge in [-0.05, 0) is 42.9 Å². The van der Waals surface area contributed by atoms with Gasteiger partial charge in [0, 0.05) is 18.3 Å². The number of pyridine rings is 1. The molecule has 3 aliphatic rings. The highest BCUT2D eigenvalue weighted by Gasteiger charge is 2.28. The third-order valence-electron chi connectivity index (χ3n) is 3.77. The fourth-order valence-electron chi connectivity index (χ4n) is 2.70. The van der Waals surface area contributed by atoms with Crippen molar-refractivity contribution in [3.63, 3.8) is 0 Å². The first-order valence-corrected chi connectivity index (χ1v) is 6.29. The van der Waals surface area contributed by atoms with Gasteiger partial charge in [-0.2, -0.15) is 0 Å². The summed E-state index contributed by atoms with van der Waals surface area (Å²) in [5, 5.41) is 3.59. The van der Waals surface area contributed by atoms with Crippen molar-refractivity contribution in [2.24, 2.45) is 0 Å². The number of nitrogens with one attached hydrogen (secondary N) is 1. The average Bonchev–Trinajstić information content (AvgIpc) is 2.26. The van der Waals surface area contributed by atoms with E-state index in [4.69, 9.17) is 4.74 Å². The van der Waals surface area contributed by atoms with Crippen molar-refractivity contribution in [3.05, 3.63) is 30.1 Å². The van der Waals surface area contributed by atoms with Crippen molar-refractivity contribution < 1.29 is 4.74 Å². The second-order valence-corrected chi connectivity index (χ2v) is 4.91. The first-order valence-electron chi connectivity index (χ1n) is 6.29. The number of ether oxygens (including phenoxy) is 1. The molecule has 2 bridgehead atoms. The maximum atomic E-state index is 5.23. The summed E-state index contributed by atoms with van der Waals surface area (Å²) < 4.78 is 5.23. The molecule has 4 rings (SSSR count). The highest BCUT2D eigenvalue weighted by Crippen LogP contribution is 2.31.